The van der Waals surface area contributed by atoms with Crippen LogP contribution in [0.2, 0.25) is 0 Å². The molecule has 0 aromatic rings. The second-order valence-electron chi connectivity index (χ2n) is 6.18. The van der Waals surface area contributed by atoms with Gasteiger partial charge in [-0.1, -0.05) is 0 Å². The number of amides is 5. The Labute approximate surface area is 165 Å². The minimum Gasteiger partial charge on any atom is -0.480 e. The number of primary amides is 2. The number of carboxylic acids is 1. The number of hydrogen-bond donors (Lipinski definition) is 8. The highest BCUT2D eigenvalue weighted by atomic mass is 16.4. The van der Waals surface area contributed by atoms with E-state index in [4.69, 9.17) is 22.3 Å². The third kappa shape index (κ3) is 10.6. The van der Waals surface area contributed by atoms with Crippen molar-refractivity contribution in [3.05, 3.63) is 0 Å². The van der Waals surface area contributed by atoms with Crippen molar-refractivity contribution >= 4 is 35.5 Å². The zero-order chi connectivity index (χ0) is 22.7. The van der Waals surface area contributed by atoms with E-state index in [1.54, 1.807) is 0 Å². The van der Waals surface area contributed by atoms with Crippen LogP contribution in [0, 0.1) is 0 Å². The molecule has 0 fully saturated rings. The van der Waals surface area contributed by atoms with Crippen LogP contribution in [0.3, 0.4) is 0 Å². The third-order valence-electron chi connectivity index (χ3n) is 3.56. The second kappa shape index (κ2) is 12.2. The van der Waals surface area contributed by atoms with Gasteiger partial charge in [-0.25, -0.2) is 4.79 Å². The zero-order valence-electron chi connectivity index (χ0n) is 15.7. The van der Waals surface area contributed by atoms with Gasteiger partial charge >= 0.3 is 5.97 Å². The summed E-state index contributed by atoms with van der Waals surface area (Å²) >= 11 is 0. The summed E-state index contributed by atoms with van der Waals surface area (Å²) in [6, 6.07) is -4.21. The molecule has 29 heavy (non-hydrogen) atoms. The molecule has 0 aromatic heterocycles. The Morgan fingerprint density at radius 3 is 2.00 bits per heavy atom. The van der Waals surface area contributed by atoms with E-state index in [2.05, 4.69) is 10.6 Å². The molecule has 0 bridgehead atoms. The largest absolute Gasteiger partial charge is 0.480 e. The molecule has 0 saturated heterocycles. The molecule has 0 spiro atoms. The van der Waals surface area contributed by atoms with Crippen LogP contribution < -0.4 is 33.2 Å². The molecule has 0 saturated carbocycles. The maximum absolute atomic E-state index is 12.1. The maximum atomic E-state index is 12.1. The summed E-state index contributed by atoms with van der Waals surface area (Å²) in [6.45, 7) is 0.501. The number of nitrogens with one attached hydrogen (secondary N) is 3. The lowest BCUT2D eigenvalue weighted by Gasteiger charge is -2.22. The van der Waals surface area contributed by atoms with Crippen molar-refractivity contribution in [3.8, 4) is 0 Å². The highest BCUT2D eigenvalue weighted by Gasteiger charge is 2.28. The van der Waals surface area contributed by atoms with Crippen molar-refractivity contribution in [1.29, 1.82) is 0 Å². The number of carboxylic acid groups (broad SMARTS) is 1. The summed E-state index contributed by atoms with van der Waals surface area (Å²) in [5, 5.41) is 24.9. The Kier molecular flexibility index (Phi) is 10.9. The summed E-state index contributed by atoms with van der Waals surface area (Å²) in [5.41, 5.74) is 15.4. The van der Waals surface area contributed by atoms with Gasteiger partial charge in [-0.05, 0) is 13.3 Å². The summed E-state index contributed by atoms with van der Waals surface area (Å²) in [4.78, 5) is 68.3. The Morgan fingerprint density at radius 2 is 1.55 bits per heavy atom. The van der Waals surface area contributed by atoms with Crippen molar-refractivity contribution in [2.45, 2.75) is 50.4 Å². The molecular formula is C15H26N6O8. The Hall–Kier alpha value is -3.26. The van der Waals surface area contributed by atoms with Crippen molar-refractivity contribution in [2.75, 3.05) is 6.54 Å². The van der Waals surface area contributed by atoms with E-state index in [0.29, 0.717) is 0 Å². The summed E-state index contributed by atoms with van der Waals surface area (Å²) in [5.74, 6) is -5.84. The van der Waals surface area contributed by atoms with Gasteiger partial charge in [0.15, 0.2) is 0 Å². The van der Waals surface area contributed by atoms with Crippen LogP contribution in [-0.4, -0.2) is 76.5 Å². The fourth-order valence-corrected chi connectivity index (χ4v) is 2.02. The van der Waals surface area contributed by atoms with Crippen LogP contribution >= 0.6 is 0 Å². The first-order valence-electron chi connectivity index (χ1n) is 8.45. The molecule has 14 nitrogen and oxygen atoms in total. The molecule has 4 unspecified atom stereocenters. The van der Waals surface area contributed by atoms with Crippen LogP contribution in [0.25, 0.3) is 0 Å². The number of aliphatic hydroxyl groups excluding tert-OH is 1. The van der Waals surface area contributed by atoms with Crippen LogP contribution in [-0.2, 0) is 28.8 Å². The minimum absolute atomic E-state index is 0.0752. The van der Waals surface area contributed by atoms with Crippen LogP contribution in [0.4, 0.5) is 0 Å². The van der Waals surface area contributed by atoms with Crippen molar-refractivity contribution in [3.63, 3.8) is 0 Å². The Bertz CT molecular complexity index is 653. The topological polar surface area (TPSA) is 257 Å². The molecule has 11 N–H and O–H groups in total. The number of carbonyl (C=O) groups is 6. The first kappa shape index (κ1) is 25.7. The average molecular weight is 418 g/mol. The minimum atomic E-state index is -1.58. The Balaban J connectivity index is 4.76. The molecular weight excluding hydrogens is 392 g/mol. The first-order valence-corrected chi connectivity index (χ1v) is 8.45. The predicted octanol–water partition coefficient (Wildman–Crippen LogP) is -4.99. The van der Waals surface area contributed by atoms with Gasteiger partial charge in [-0.15, -0.1) is 0 Å². The molecule has 0 radical (unpaired) electrons. The molecule has 0 aliphatic heterocycles. The molecule has 5 amide bonds. The molecule has 164 valence electrons. The predicted molar refractivity (Wildman–Crippen MR) is 96.4 cm³/mol. The van der Waals surface area contributed by atoms with Gasteiger partial charge in [-0.2, -0.15) is 0 Å². The van der Waals surface area contributed by atoms with Crippen molar-refractivity contribution in [2.24, 2.45) is 17.2 Å². The van der Waals surface area contributed by atoms with Gasteiger partial charge in [-0.3, -0.25) is 24.0 Å². The lowest BCUT2D eigenvalue weighted by Crippen LogP contribution is -2.57. The summed E-state index contributed by atoms with van der Waals surface area (Å²) in [7, 11) is 0. The van der Waals surface area contributed by atoms with E-state index in [0.717, 1.165) is 0 Å². The maximum Gasteiger partial charge on any atom is 0.326 e. The van der Waals surface area contributed by atoms with E-state index in [9.17, 15) is 33.9 Å². The van der Waals surface area contributed by atoms with E-state index >= 15 is 0 Å². The monoisotopic (exact) mass is 418 g/mol. The number of aliphatic hydroxyl groups is 1. The van der Waals surface area contributed by atoms with Crippen LogP contribution in [0.1, 0.15) is 26.2 Å². The lowest BCUT2D eigenvalue weighted by molar-refractivity contribution is -0.143. The molecule has 4 atom stereocenters. The lowest BCUT2D eigenvalue weighted by atomic mass is 10.1. The number of rotatable bonds is 13. The Morgan fingerprint density at radius 1 is 0.966 bits per heavy atom. The molecule has 0 heterocycles. The molecule has 0 aromatic carbocycles. The van der Waals surface area contributed by atoms with Crippen molar-refractivity contribution < 1.29 is 39.0 Å². The summed E-state index contributed by atoms with van der Waals surface area (Å²) in [6.07, 6.45) is -2.25. The standard InChI is InChI=1S/C15H26N6O8/c1-6(22)12(21-13(26)7(16)2-3-9(17)23)14(27)19-5-11(25)20-8(15(28)29)4-10(18)24/h6-8,12,22H,2-5,16H2,1H3,(H2,17,23)(H2,18,24)(H,19,27)(H,20,25)(H,21,26)(H,28,29). The highest BCUT2D eigenvalue weighted by Crippen LogP contribution is 1.99. The van der Waals surface area contributed by atoms with E-state index < -0.39 is 72.7 Å². The zero-order valence-corrected chi connectivity index (χ0v) is 15.7. The smallest absolute Gasteiger partial charge is 0.326 e. The fourth-order valence-electron chi connectivity index (χ4n) is 2.02. The highest BCUT2D eigenvalue weighted by molar-refractivity contribution is 5.93. The van der Waals surface area contributed by atoms with Crippen molar-refractivity contribution in [1.82, 2.24) is 16.0 Å². The quantitative estimate of drug-likeness (QED) is 0.142. The van der Waals surface area contributed by atoms with Gasteiger partial charge in [0.1, 0.15) is 12.1 Å². The molecule has 14 heteroatoms. The molecule has 0 rings (SSSR count). The van der Waals surface area contributed by atoms with E-state index in [-0.39, 0.29) is 12.8 Å². The first-order chi connectivity index (χ1) is 13.3. The molecule has 0 aliphatic rings. The van der Waals surface area contributed by atoms with Gasteiger partial charge in [0.25, 0.3) is 0 Å². The number of carbonyl (C=O) groups excluding carboxylic acids is 5. The molecule has 0 aliphatic carbocycles. The van der Waals surface area contributed by atoms with Gasteiger partial charge in [0.05, 0.1) is 25.1 Å². The second-order valence-corrected chi connectivity index (χ2v) is 6.18. The number of hydrogen-bond acceptors (Lipinski definition) is 8. The van der Waals surface area contributed by atoms with E-state index in [1.165, 1.54) is 6.92 Å². The average Bonchev–Trinajstić information content (AvgIpc) is 2.60. The number of nitrogens with two attached hydrogens (primary N) is 3. The fraction of sp³-hybridized carbons (Fsp3) is 0.600. The van der Waals surface area contributed by atoms with Crippen LogP contribution in [0.5, 0.6) is 0 Å². The third-order valence-corrected chi connectivity index (χ3v) is 3.56. The normalized spacial score (nSPS) is 14.6. The summed E-state index contributed by atoms with van der Waals surface area (Å²) < 4.78 is 0. The van der Waals surface area contributed by atoms with Gasteiger partial charge in [0, 0.05) is 6.42 Å². The van der Waals surface area contributed by atoms with E-state index in [1.807, 2.05) is 5.32 Å². The van der Waals surface area contributed by atoms with Gasteiger partial charge in [0.2, 0.25) is 29.5 Å². The van der Waals surface area contributed by atoms with Gasteiger partial charge < -0.3 is 43.4 Å². The van der Waals surface area contributed by atoms with Crippen LogP contribution in [0.15, 0.2) is 0 Å². The SMILES string of the molecule is CC(O)C(NC(=O)C(N)CCC(N)=O)C(=O)NCC(=O)NC(CC(N)=O)C(=O)O. The number of aliphatic carboxylic acids is 1.